The first-order valence-corrected chi connectivity index (χ1v) is 14.7. The molecule has 2 aromatic rings. The largest absolute Gasteiger partial charge is 0.381 e. The van der Waals surface area contributed by atoms with Crippen molar-refractivity contribution in [3.63, 3.8) is 0 Å². The highest BCUT2D eigenvalue weighted by Crippen LogP contribution is 2.33. The van der Waals surface area contributed by atoms with Crippen LogP contribution in [0.3, 0.4) is 0 Å². The number of hydrogen-bond acceptors (Lipinski definition) is 6. The van der Waals surface area contributed by atoms with Crippen LogP contribution in [0.4, 0.5) is 5.69 Å². The zero-order valence-electron chi connectivity index (χ0n) is 24.7. The molecule has 2 amide bonds. The predicted octanol–water partition coefficient (Wildman–Crippen LogP) is 4.40. The number of carbonyl (C=O) groups is 2. The summed E-state index contributed by atoms with van der Waals surface area (Å²) in [5.41, 5.74) is 7.55. The van der Waals surface area contributed by atoms with E-state index < -0.39 is 5.92 Å². The fourth-order valence-corrected chi connectivity index (χ4v) is 6.00. The van der Waals surface area contributed by atoms with Crippen LogP contribution in [0.2, 0.25) is 0 Å². The van der Waals surface area contributed by atoms with Crippen molar-refractivity contribution in [1.29, 1.82) is 0 Å². The van der Waals surface area contributed by atoms with E-state index in [4.69, 9.17) is 9.47 Å². The van der Waals surface area contributed by atoms with Gasteiger partial charge in [-0.2, -0.15) is 0 Å². The Morgan fingerprint density at radius 1 is 1.00 bits per heavy atom. The van der Waals surface area contributed by atoms with Gasteiger partial charge in [-0.15, -0.1) is 0 Å². The molecule has 41 heavy (non-hydrogen) atoms. The van der Waals surface area contributed by atoms with Crippen LogP contribution >= 0.6 is 0 Å². The molecule has 2 saturated heterocycles. The minimum absolute atomic E-state index is 0.179. The Balaban J connectivity index is 1.41. The van der Waals surface area contributed by atoms with Crippen LogP contribution in [-0.2, 0) is 20.8 Å². The van der Waals surface area contributed by atoms with Crippen molar-refractivity contribution >= 4 is 23.2 Å². The summed E-state index contributed by atoms with van der Waals surface area (Å²) in [6.45, 7) is 11.8. The van der Waals surface area contributed by atoms with Gasteiger partial charge in [0.2, 0.25) is 0 Å². The van der Waals surface area contributed by atoms with Gasteiger partial charge in [0.1, 0.15) is 0 Å². The number of allylic oxidation sites excluding steroid dienone is 1. The molecule has 3 aliphatic rings. The number of anilines is 1. The molecule has 0 saturated carbocycles. The van der Waals surface area contributed by atoms with Crippen LogP contribution in [0, 0.1) is 12.8 Å². The zero-order valence-corrected chi connectivity index (χ0v) is 24.7. The highest BCUT2D eigenvalue weighted by molar-refractivity contribution is 6.06. The van der Waals surface area contributed by atoms with Crippen LogP contribution in [0.1, 0.15) is 48.2 Å². The standard InChI is InChI=1S/C33H42N4O4/c1-22-17-23(2)35-33(39)30(22)20-34-32(38)29-18-27(19-31(24(29)3)36(4)28-9-13-40-14-10-28)26-7-5-25(6-8-26)21-37-11-15-41-16-12-37/h5-8,17-19,28,30H,9-16,20-21H2,1-4H3,(H,34,38). The molecule has 1 unspecified atom stereocenters. The quantitative estimate of drug-likeness (QED) is 0.517. The van der Waals surface area contributed by atoms with E-state index in [9.17, 15) is 9.59 Å². The molecule has 8 heteroatoms. The summed E-state index contributed by atoms with van der Waals surface area (Å²) in [6, 6.07) is 13.2. The first kappa shape index (κ1) is 29.2. The van der Waals surface area contributed by atoms with Crippen LogP contribution in [-0.4, -0.2) is 81.6 Å². The van der Waals surface area contributed by atoms with Gasteiger partial charge in [-0.25, -0.2) is 4.99 Å². The number of nitrogens with one attached hydrogen (secondary N) is 1. The fourth-order valence-electron chi connectivity index (χ4n) is 6.00. The number of rotatable bonds is 8. The molecular formula is C33H42N4O4. The molecule has 2 aromatic carbocycles. The van der Waals surface area contributed by atoms with Gasteiger partial charge in [0.25, 0.3) is 11.8 Å². The Morgan fingerprint density at radius 2 is 1.68 bits per heavy atom. The number of dihydropyridines is 1. The molecule has 0 aliphatic carbocycles. The van der Waals surface area contributed by atoms with Crippen molar-refractivity contribution in [2.24, 2.45) is 10.9 Å². The molecule has 0 spiro atoms. The van der Waals surface area contributed by atoms with Crippen LogP contribution in [0.25, 0.3) is 11.1 Å². The number of aliphatic imine (C=N–C) groups is 1. The minimum atomic E-state index is -0.436. The van der Waals surface area contributed by atoms with E-state index in [2.05, 4.69) is 57.5 Å². The molecule has 3 heterocycles. The molecule has 1 atom stereocenters. The third-order valence-corrected chi connectivity index (χ3v) is 8.58. The minimum Gasteiger partial charge on any atom is -0.381 e. The monoisotopic (exact) mass is 558 g/mol. The summed E-state index contributed by atoms with van der Waals surface area (Å²) >= 11 is 0. The van der Waals surface area contributed by atoms with E-state index in [1.165, 1.54) is 5.56 Å². The molecule has 0 radical (unpaired) electrons. The first-order valence-electron chi connectivity index (χ1n) is 14.7. The maximum atomic E-state index is 13.7. The lowest BCUT2D eigenvalue weighted by Crippen LogP contribution is -2.38. The predicted molar refractivity (Wildman–Crippen MR) is 163 cm³/mol. The van der Waals surface area contributed by atoms with E-state index in [1.54, 1.807) is 0 Å². The highest BCUT2D eigenvalue weighted by atomic mass is 16.5. The number of morpholine rings is 1. The van der Waals surface area contributed by atoms with Gasteiger partial charge in [-0.3, -0.25) is 14.5 Å². The fraction of sp³-hybridized carbons (Fsp3) is 0.485. The lowest BCUT2D eigenvalue weighted by molar-refractivity contribution is -0.120. The van der Waals surface area contributed by atoms with Crippen molar-refractivity contribution in [2.75, 3.05) is 58.0 Å². The molecule has 1 N–H and O–H groups in total. The second-order valence-corrected chi connectivity index (χ2v) is 11.5. The Hall–Kier alpha value is -3.33. The average molecular weight is 559 g/mol. The van der Waals surface area contributed by atoms with E-state index in [0.717, 1.165) is 86.9 Å². The Labute approximate surface area is 243 Å². The molecule has 3 aliphatic heterocycles. The Kier molecular flexibility index (Phi) is 9.32. The van der Waals surface area contributed by atoms with Crippen molar-refractivity contribution in [2.45, 2.75) is 46.2 Å². The van der Waals surface area contributed by atoms with Crippen molar-refractivity contribution < 1.29 is 19.1 Å². The van der Waals surface area contributed by atoms with Crippen LogP contribution in [0.15, 0.2) is 53.0 Å². The van der Waals surface area contributed by atoms with Gasteiger partial charge in [0.05, 0.1) is 19.1 Å². The third-order valence-electron chi connectivity index (χ3n) is 8.58. The zero-order chi connectivity index (χ0) is 28.9. The normalized spacial score (nSPS) is 20.4. The number of ether oxygens (including phenoxy) is 2. The lowest BCUT2D eigenvalue weighted by Gasteiger charge is -2.34. The molecule has 2 fully saturated rings. The summed E-state index contributed by atoms with van der Waals surface area (Å²) in [7, 11) is 2.12. The van der Waals surface area contributed by atoms with E-state index in [0.29, 0.717) is 17.3 Å². The van der Waals surface area contributed by atoms with Gasteiger partial charge < -0.3 is 19.7 Å². The maximum Gasteiger partial charge on any atom is 0.254 e. The SMILES string of the molecule is CC1=CC(C)=NC(=O)C1CNC(=O)c1cc(-c2ccc(CN3CCOCC3)cc2)cc(N(C)C2CCOCC2)c1C. The smallest absolute Gasteiger partial charge is 0.254 e. The Morgan fingerprint density at radius 3 is 2.37 bits per heavy atom. The van der Waals surface area contributed by atoms with Crippen molar-refractivity contribution in [3.05, 3.63) is 64.7 Å². The topological polar surface area (TPSA) is 83.5 Å². The summed E-state index contributed by atoms with van der Waals surface area (Å²) in [5, 5.41) is 3.04. The third kappa shape index (κ3) is 6.94. The summed E-state index contributed by atoms with van der Waals surface area (Å²) in [5.74, 6) is -0.818. The number of benzene rings is 2. The summed E-state index contributed by atoms with van der Waals surface area (Å²) < 4.78 is 11.1. The molecule has 0 aromatic heterocycles. The molecule has 5 rings (SSSR count). The van der Waals surface area contributed by atoms with E-state index in [-0.39, 0.29) is 18.4 Å². The van der Waals surface area contributed by atoms with Gasteiger partial charge >= 0.3 is 0 Å². The second-order valence-electron chi connectivity index (χ2n) is 11.5. The molecule has 218 valence electrons. The summed E-state index contributed by atoms with van der Waals surface area (Å²) in [4.78, 5) is 35.0. The van der Waals surface area contributed by atoms with Crippen LogP contribution < -0.4 is 10.2 Å². The average Bonchev–Trinajstić information content (AvgIpc) is 2.97. The van der Waals surface area contributed by atoms with Crippen molar-refractivity contribution in [3.8, 4) is 11.1 Å². The number of amides is 2. The molecule has 0 bridgehead atoms. The highest BCUT2D eigenvalue weighted by Gasteiger charge is 2.26. The van der Waals surface area contributed by atoms with Crippen molar-refractivity contribution in [1.82, 2.24) is 10.2 Å². The summed E-state index contributed by atoms with van der Waals surface area (Å²) in [6.07, 6.45) is 3.81. The second kappa shape index (κ2) is 13.1. The number of hydrogen-bond donors (Lipinski definition) is 1. The number of nitrogens with zero attached hydrogens (tertiary/aromatic N) is 3. The first-order chi connectivity index (χ1) is 19.8. The van der Waals surface area contributed by atoms with Crippen LogP contribution in [0.5, 0.6) is 0 Å². The van der Waals surface area contributed by atoms with Gasteiger partial charge in [-0.1, -0.05) is 29.8 Å². The van der Waals surface area contributed by atoms with Gasteiger partial charge in [-0.05, 0) is 74.1 Å². The lowest BCUT2D eigenvalue weighted by atomic mass is 9.94. The van der Waals surface area contributed by atoms with E-state index >= 15 is 0 Å². The number of carbonyl (C=O) groups excluding carboxylic acids is 2. The van der Waals surface area contributed by atoms with E-state index in [1.807, 2.05) is 32.9 Å². The molecule has 8 nitrogen and oxygen atoms in total. The Bertz CT molecular complexity index is 1320. The van der Waals surface area contributed by atoms with Gasteiger partial charge in [0, 0.05) is 69.4 Å². The maximum absolute atomic E-state index is 13.7. The van der Waals surface area contributed by atoms with Gasteiger partial charge in [0.15, 0.2) is 0 Å². The molecular weight excluding hydrogens is 516 g/mol.